The minimum Gasteiger partial charge on any atom is -0.469 e. The highest BCUT2D eigenvalue weighted by Gasteiger charge is 2.25. The van der Waals surface area contributed by atoms with Crippen LogP contribution in [0.5, 0.6) is 0 Å². The Hall–Kier alpha value is -2.13. The first-order valence-electron chi connectivity index (χ1n) is 8.46. The third-order valence-corrected chi connectivity index (χ3v) is 4.90. The van der Waals surface area contributed by atoms with E-state index in [1.54, 1.807) is 17.0 Å². The minimum absolute atomic E-state index is 0.257. The maximum absolute atomic E-state index is 12.4. The molecule has 1 aromatic carbocycles. The van der Waals surface area contributed by atoms with Gasteiger partial charge in [0.15, 0.2) is 0 Å². The predicted octanol–water partition coefficient (Wildman–Crippen LogP) is 1.34. The van der Waals surface area contributed by atoms with Gasteiger partial charge in [0.25, 0.3) is 0 Å². The topological polar surface area (TPSA) is 105 Å². The highest BCUT2D eigenvalue weighted by molar-refractivity contribution is 7.88. The van der Waals surface area contributed by atoms with Gasteiger partial charge in [-0.1, -0.05) is 12.1 Å². The van der Waals surface area contributed by atoms with Crippen molar-refractivity contribution in [1.29, 1.82) is 0 Å². The fourth-order valence-corrected chi connectivity index (χ4v) is 3.66. The fourth-order valence-electron chi connectivity index (χ4n) is 2.87. The molecular weight excluding hydrogens is 358 g/mol. The second kappa shape index (κ2) is 9.00. The highest BCUT2D eigenvalue weighted by Crippen LogP contribution is 2.15. The van der Waals surface area contributed by atoms with Gasteiger partial charge in [-0.2, -0.15) is 0 Å². The molecule has 1 aliphatic heterocycles. The van der Waals surface area contributed by atoms with E-state index >= 15 is 0 Å². The van der Waals surface area contributed by atoms with Crippen molar-refractivity contribution in [2.45, 2.75) is 31.7 Å². The molecule has 0 radical (unpaired) electrons. The van der Waals surface area contributed by atoms with Crippen LogP contribution in [-0.4, -0.2) is 57.8 Å². The van der Waals surface area contributed by atoms with E-state index in [-0.39, 0.29) is 18.0 Å². The largest absolute Gasteiger partial charge is 0.469 e. The number of carbonyl (C=O) groups excluding carboxylic acids is 2. The van der Waals surface area contributed by atoms with Crippen LogP contribution in [0.3, 0.4) is 0 Å². The normalized spacial score (nSPS) is 17.6. The Kier molecular flexibility index (Phi) is 6.98. The first kappa shape index (κ1) is 20.2. The van der Waals surface area contributed by atoms with E-state index < -0.39 is 10.0 Å². The van der Waals surface area contributed by atoms with Crippen LogP contribution >= 0.6 is 0 Å². The molecule has 1 saturated heterocycles. The number of urea groups is 1. The number of nitrogens with zero attached hydrogens (tertiary/aromatic N) is 1. The van der Waals surface area contributed by atoms with Crippen LogP contribution in [0.1, 0.15) is 24.8 Å². The molecule has 1 atom stereocenters. The average Bonchev–Trinajstić information content (AvgIpc) is 2.59. The molecule has 2 amide bonds. The van der Waals surface area contributed by atoms with Crippen LogP contribution in [-0.2, 0) is 26.0 Å². The predicted molar refractivity (Wildman–Crippen MR) is 98.4 cm³/mol. The molecule has 0 saturated carbocycles. The second-order valence-electron chi connectivity index (χ2n) is 6.38. The van der Waals surface area contributed by atoms with Crippen LogP contribution < -0.4 is 10.0 Å². The van der Waals surface area contributed by atoms with E-state index in [1.165, 1.54) is 7.11 Å². The van der Waals surface area contributed by atoms with E-state index in [9.17, 15) is 18.0 Å². The highest BCUT2D eigenvalue weighted by atomic mass is 32.2. The standard InChI is InChI=1S/C17H25N3O5S/c1-25-16(21)10-7-13-5-8-14(9-6-13)18-17(22)20-11-3-4-15(12-20)19-26(2,23)24/h5-6,8-9,15,19H,3-4,7,10-12H2,1-2H3,(H,18,22). The monoisotopic (exact) mass is 383 g/mol. The summed E-state index contributed by atoms with van der Waals surface area (Å²) in [7, 11) is -1.93. The zero-order valence-corrected chi connectivity index (χ0v) is 15.8. The van der Waals surface area contributed by atoms with Crippen LogP contribution in [0.2, 0.25) is 0 Å². The Bertz CT molecular complexity index is 733. The summed E-state index contributed by atoms with van der Waals surface area (Å²) < 4.78 is 29.9. The van der Waals surface area contributed by atoms with E-state index in [1.807, 2.05) is 12.1 Å². The number of benzene rings is 1. The number of piperidine rings is 1. The third kappa shape index (κ3) is 6.64. The number of nitrogens with one attached hydrogen (secondary N) is 2. The SMILES string of the molecule is COC(=O)CCc1ccc(NC(=O)N2CCCC(NS(C)(=O)=O)C2)cc1. The smallest absolute Gasteiger partial charge is 0.321 e. The molecule has 144 valence electrons. The lowest BCUT2D eigenvalue weighted by Crippen LogP contribution is -2.50. The van der Waals surface area contributed by atoms with Gasteiger partial charge in [-0.25, -0.2) is 17.9 Å². The third-order valence-electron chi connectivity index (χ3n) is 4.14. The molecule has 0 bridgehead atoms. The van der Waals surface area contributed by atoms with Gasteiger partial charge >= 0.3 is 12.0 Å². The molecule has 1 heterocycles. The van der Waals surface area contributed by atoms with Crippen LogP contribution in [0.15, 0.2) is 24.3 Å². The number of sulfonamides is 1. The van der Waals surface area contributed by atoms with Gasteiger partial charge in [0.1, 0.15) is 0 Å². The molecule has 9 heteroatoms. The van der Waals surface area contributed by atoms with Crippen molar-refractivity contribution in [3.8, 4) is 0 Å². The summed E-state index contributed by atoms with van der Waals surface area (Å²) in [4.78, 5) is 25.2. The maximum Gasteiger partial charge on any atom is 0.321 e. The summed E-state index contributed by atoms with van der Waals surface area (Å²) in [5.74, 6) is -0.260. The number of hydrogen-bond acceptors (Lipinski definition) is 5. The number of aryl methyl sites for hydroxylation is 1. The Labute approximate surface area is 153 Å². The Morgan fingerprint density at radius 3 is 2.58 bits per heavy atom. The number of esters is 1. The first-order valence-corrected chi connectivity index (χ1v) is 10.3. The van der Waals surface area contributed by atoms with Gasteiger partial charge in [0, 0.05) is 31.2 Å². The van der Waals surface area contributed by atoms with Crippen LogP contribution in [0.25, 0.3) is 0 Å². The van der Waals surface area contributed by atoms with Gasteiger partial charge in [-0.15, -0.1) is 0 Å². The number of hydrogen-bond donors (Lipinski definition) is 2. The molecule has 8 nitrogen and oxygen atoms in total. The van der Waals surface area contributed by atoms with Crippen molar-refractivity contribution in [3.05, 3.63) is 29.8 Å². The Morgan fingerprint density at radius 1 is 1.27 bits per heavy atom. The first-order chi connectivity index (χ1) is 12.3. The number of ether oxygens (including phenoxy) is 1. The van der Waals surface area contributed by atoms with Gasteiger partial charge in [-0.3, -0.25) is 4.79 Å². The number of likely N-dealkylation sites (tertiary alicyclic amines) is 1. The van der Waals surface area contributed by atoms with Gasteiger partial charge in [0.2, 0.25) is 10.0 Å². The molecule has 0 spiro atoms. The molecule has 0 aliphatic carbocycles. The summed E-state index contributed by atoms with van der Waals surface area (Å²) in [5.41, 5.74) is 1.62. The van der Waals surface area contributed by atoms with Crippen LogP contribution in [0.4, 0.5) is 10.5 Å². The summed E-state index contributed by atoms with van der Waals surface area (Å²) >= 11 is 0. The van der Waals surface area contributed by atoms with E-state index in [4.69, 9.17) is 0 Å². The van der Waals surface area contributed by atoms with Crippen molar-refractivity contribution in [3.63, 3.8) is 0 Å². The maximum atomic E-state index is 12.4. The summed E-state index contributed by atoms with van der Waals surface area (Å²) in [6, 6.07) is 6.74. The summed E-state index contributed by atoms with van der Waals surface area (Å²) in [5, 5.41) is 2.82. The zero-order chi connectivity index (χ0) is 19.2. The minimum atomic E-state index is -3.29. The molecule has 1 aliphatic rings. The lowest BCUT2D eigenvalue weighted by atomic mass is 10.1. The van der Waals surface area contributed by atoms with Gasteiger partial charge < -0.3 is 15.0 Å². The Morgan fingerprint density at radius 2 is 1.96 bits per heavy atom. The number of carbonyl (C=O) groups is 2. The van der Waals surface area contributed by atoms with Crippen molar-refractivity contribution < 1.29 is 22.7 Å². The quantitative estimate of drug-likeness (QED) is 0.721. The molecular formula is C17H25N3O5S. The average molecular weight is 383 g/mol. The summed E-state index contributed by atoms with van der Waals surface area (Å²) in [6.07, 6.45) is 3.46. The summed E-state index contributed by atoms with van der Waals surface area (Å²) in [6.45, 7) is 0.932. The van der Waals surface area contributed by atoms with E-state index in [0.29, 0.717) is 38.0 Å². The van der Waals surface area contributed by atoms with Crippen molar-refractivity contribution in [1.82, 2.24) is 9.62 Å². The Balaban J connectivity index is 1.87. The number of methoxy groups -OCH3 is 1. The van der Waals surface area contributed by atoms with Crippen molar-refractivity contribution >= 4 is 27.7 Å². The van der Waals surface area contributed by atoms with Gasteiger partial charge in [0.05, 0.1) is 13.4 Å². The fraction of sp³-hybridized carbons (Fsp3) is 0.529. The zero-order valence-electron chi connectivity index (χ0n) is 15.0. The molecule has 26 heavy (non-hydrogen) atoms. The lowest BCUT2D eigenvalue weighted by Gasteiger charge is -2.32. The molecule has 2 rings (SSSR count). The number of rotatable bonds is 6. The molecule has 1 unspecified atom stereocenters. The van der Waals surface area contributed by atoms with Gasteiger partial charge in [-0.05, 0) is 37.0 Å². The number of anilines is 1. The van der Waals surface area contributed by atoms with Crippen molar-refractivity contribution in [2.75, 3.05) is 31.8 Å². The molecule has 1 aromatic rings. The van der Waals surface area contributed by atoms with Crippen molar-refractivity contribution in [2.24, 2.45) is 0 Å². The van der Waals surface area contributed by atoms with E-state index in [0.717, 1.165) is 18.2 Å². The molecule has 0 aromatic heterocycles. The second-order valence-corrected chi connectivity index (χ2v) is 8.16. The van der Waals surface area contributed by atoms with Crippen LogP contribution in [0, 0.1) is 0 Å². The lowest BCUT2D eigenvalue weighted by molar-refractivity contribution is -0.140. The molecule has 2 N–H and O–H groups in total. The molecule has 1 fully saturated rings. The number of amides is 2. The van der Waals surface area contributed by atoms with E-state index in [2.05, 4.69) is 14.8 Å².